The summed E-state index contributed by atoms with van der Waals surface area (Å²) in [5.74, 6) is -0.265. The van der Waals surface area contributed by atoms with Gasteiger partial charge in [-0.1, -0.05) is 19.8 Å². The van der Waals surface area contributed by atoms with Gasteiger partial charge in [-0.25, -0.2) is 9.59 Å². The standard InChI is InChI=1S/C14H24N2O4/c1-10-3-2-5-14(7-10,12(17)18)16-13(19)15-8-11-4-6-20-9-11/h10-11H,2-9H2,1H3,(H,17,18)(H2,15,16,19). The molecule has 2 rings (SSSR count). The maximum atomic E-state index is 12.0. The number of hydrogen-bond acceptors (Lipinski definition) is 3. The summed E-state index contributed by atoms with van der Waals surface area (Å²) < 4.78 is 5.25. The lowest BCUT2D eigenvalue weighted by Gasteiger charge is -2.37. The first-order chi connectivity index (χ1) is 9.52. The highest BCUT2D eigenvalue weighted by molar-refractivity contribution is 5.86. The van der Waals surface area contributed by atoms with Gasteiger partial charge in [0.1, 0.15) is 5.54 Å². The third kappa shape index (κ3) is 3.62. The van der Waals surface area contributed by atoms with Gasteiger partial charge in [0.15, 0.2) is 0 Å². The fraction of sp³-hybridized carbons (Fsp3) is 0.857. The van der Waals surface area contributed by atoms with Gasteiger partial charge >= 0.3 is 12.0 Å². The Labute approximate surface area is 119 Å². The second-order valence-electron chi connectivity index (χ2n) is 6.15. The molecular formula is C14H24N2O4. The molecule has 1 saturated carbocycles. The number of nitrogens with one attached hydrogen (secondary N) is 2. The Bertz CT molecular complexity index is 368. The number of amides is 2. The lowest BCUT2D eigenvalue weighted by molar-refractivity contribution is -0.146. The van der Waals surface area contributed by atoms with Crippen molar-refractivity contribution in [3.8, 4) is 0 Å². The van der Waals surface area contributed by atoms with Crippen LogP contribution in [0.4, 0.5) is 4.79 Å². The van der Waals surface area contributed by atoms with Gasteiger partial charge in [0.05, 0.1) is 6.61 Å². The number of aliphatic carboxylic acids is 1. The molecule has 20 heavy (non-hydrogen) atoms. The molecule has 0 aromatic carbocycles. The number of rotatable bonds is 4. The van der Waals surface area contributed by atoms with E-state index in [1.54, 1.807) is 0 Å². The van der Waals surface area contributed by atoms with E-state index in [0.29, 0.717) is 37.8 Å². The lowest BCUT2D eigenvalue weighted by Crippen LogP contribution is -2.59. The number of urea groups is 1. The number of carboxylic acids is 1. The van der Waals surface area contributed by atoms with Crippen LogP contribution in [-0.4, -0.2) is 42.4 Å². The van der Waals surface area contributed by atoms with E-state index in [-0.39, 0.29) is 6.03 Å². The molecule has 0 aromatic heterocycles. The van der Waals surface area contributed by atoms with Crippen LogP contribution < -0.4 is 10.6 Å². The van der Waals surface area contributed by atoms with Gasteiger partial charge < -0.3 is 20.5 Å². The van der Waals surface area contributed by atoms with Crippen LogP contribution in [0.2, 0.25) is 0 Å². The molecule has 6 nitrogen and oxygen atoms in total. The van der Waals surface area contributed by atoms with Crippen LogP contribution in [0.3, 0.4) is 0 Å². The maximum Gasteiger partial charge on any atom is 0.329 e. The van der Waals surface area contributed by atoms with E-state index in [4.69, 9.17) is 4.74 Å². The molecule has 2 amide bonds. The highest BCUT2D eigenvalue weighted by Gasteiger charge is 2.43. The summed E-state index contributed by atoms with van der Waals surface area (Å²) in [7, 11) is 0. The van der Waals surface area contributed by atoms with Gasteiger partial charge in [-0.15, -0.1) is 0 Å². The fourth-order valence-electron chi connectivity index (χ4n) is 3.16. The molecule has 1 aliphatic heterocycles. The Hall–Kier alpha value is -1.30. The molecule has 2 fully saturated rings. The smallest absolute Gasteiger partial charge is 0.329 e. The Kier molecular flexibility index (Phi) is 4.86. The molecule has 0 aromatic rings. The van der Waals surface area contributed by atoms with E-state index >= 15 is 0 Å². The third-order valence-electron chi connectivity index (χ3n) is 4.33. The molecular weight excluding hydrogens is 260 g/mol. The van der Waals surface area contributed by atoms with Crippen molar-refractivity contribution < 1.29 is 19.4 Å². The van der Waals surface area contributed by atoms with Crippen molar-refractivity contribution in [1.82, 2.24) is 10.6 Å². The Morgan fingerprint density at radius 3 is 2.80 bits per heavy atom. The summed E-state index contributed by atoms with van der Waals surface area (Å²) >= 11 is 0. The van der Waals surface area contributed by atoms with E-state index in [0.717, 1.165) is 25.9 Å². The Balaban J connectivity index is 1.87. The predicted molar refractivity (Wildman–Crippen MR) is 73.5 cm³/mol. The van der Waals surface area contributed by atoms with Crippen LogP contribution in [0.15, 0.2) is 0 Å². The molecule has 3 atom stereocenters. The minimum atomic E-state index is -1.10. The third-order valence-corrected chi connectivity index (χ3v) is 4.33. The molecule has 0 spiro atoms. The van der Waals surface area contributed by atoms with Crippen molar-refractivity contribution in [1.29, 1.82) is 0 Å². The number of hydrogen-bond donors (Lipinski definition) is 3. The van der Waals surface area contributed by atoms with Crippen molar-refractivity contribution in [2.75, 3.05) is 19.8 Å². The topological polar surface area (TPSA) is 87.7 Å². The minimum Gasteiger partial charge on any atom is -0.480 e. The van der Waals surface area contributed by atoms with Crippen LogP contribution in [0.5, 0.6) is 0 Å². The second kappa shape index (κ2) is 6.43. The zero-order valence-corrected chi connectivity index (χ0v) is 12.0. The maximum absolute atomic E-state index is 12.0. The molecule has 1 aliphatic carbocycles. The highest BCUT2D eigenvalue weighted by Crippen LogP contribution is 2.32. The minimum absolute atomic E-state index is 0.323. The Morgan fingerprint density at radius 1 is 1.40 bits per heavy atom. The number of carboxylic acid groups (broad SMARTS) is 1. The van der Waals surface area contributed by atoms with Gasteiger partial charge in [0.2, 0.25) is 0 Å². The number of ether oxygens (including phenoxy) is 1. The summed E-state index contributed by atoms with van der Waals surface area (Å²) in [5, 5.41) is 14.9. The summed E-state index contributed by atoms with van der Waals surface area (Å²) in [5.41, 5.74) is -1.10. The van der Waals surface area contributed by atoms with E-state index in [1.807, 2.05) is 6.92 Å². The van der Waals surface area contributed by atoms with Crippen LogP contribution in [0, 0.1) is 11.8 Å². The van der Waals surface area contributed by atoms with Gasteiger partial charge in [-0.3, -0.25) is 0 Å². The van der Waals surface area contributed by atoms with Gasteiger partial charge in [-0.05, 0) is 25.2 Å². The normalized spacial score (nSPS) is 33.6. The van der Waals surface area contributed by atoms with Crippen LogP contribution in [0.25, 0.3) is 0 Å². The zero-order valence-electron chi connectivity index (χ0n) is 12.0. The summed E-state index contributed by atoms with van der Waals surface area (Å²) in [6, 6.07) is -0.381. The summed E-state index contributed by atoms with van der Waals surface area (Å²) in [4.78, 5) is 23.5. The summed E-state index contributed by atoms with van der Waals surface area (Å²) in [6.45, 7) is 3.98. The monoisotopic (exact) mass is 284 g/mol. The van der Waals surface area contributed by atoms with Crippen molar-refractivity contribution in [2.24, 2.45) is 11.8 Å². The molecule has 1 saturated heterocycles. The number of carbonyl (C=O) groups excluding carboxylic acids is 1. The van der Waals surface area contributed by atoms with Crippen LogP contribution in [-0.2, 0) is 9.53 Å². The first-order valence-electron chi connectivity index (χ1n) is 7.39. The van der Waals surface area contributed by atoms with Gasteiger partial charge in [0.25, 0.3) is 0 Å². The second-order valence-corrected chi connectivity index (χ2v) is 6.15. The SMILES string of the molecule is CC1CCCC(NC(=O)NCC2CCOC2)(C(=O)O)C1. The van der Waals surface area contributed by atoms with E-state index in [9.17, 15) is 14.7 Å². The predicted octanol–water partition coefficient (Wildman–Crippen LogP) is 1.36. The van der Waals surface area contributed by atoms with Crippen molar-refractivity contribution in [3.63, 3.8) is 0 Å². The highest BCUT2D eigenvalue weighted by atomic mass is 16.5. The molecule has 3 unspecified atom stereocenters. The van der Waals surface area contributed by atoms with Crippen molar-refractivity contribution in [3.05, 3.63) is 0 Å². The van der Waals surface area contributed by atoms with E-state index in [2.05, 4.69) is 10.6 Å². The molecule has 1 heterocycles. The number of carbonyl (C=O) groups is 2. The Morgan fingerprint density at radius 2 is 2.20 bits per heavy atom. The average molecular weight is 284 g/mol. The molecule has 2 aliphatic rings. The lowest BCUT2D eigenvalue weighted by atomic mass is 9.76. The van der Waals surface area contributed by atoms with E-state index in [1.165, 1.54) is 0 Å². The first-order valence-corrected chi connectivity index (χ1v) is 7.39. The van der Waals surface area contributed by atoms with Gasteiger partial charge in [0, 0.05) is 19.1 Å². The van der Waals surface area contributed by atoms with E-state index < -0.39 is 11.5 Å². The first kappa shape index (κ1) is 15.1. The van der Waals surface area contributed by atoms with Crippen LogP contribution in [0.1, 0.15) is 39.0 Å². The quantitative estimate of drug-likeness (QED) is 0.727. The molecule has 0 bridgehead atoms. The van der Waals surface area contributed by atoms with Crippen molar-refractivity contribution >= 4 is 12.0 Å². The molecule has 114 valence electrons. The fourth-order valence-corrected chi connectivity index (χ4v) is 3.16. The zero-order chi connectivity index (χ0) is 14.6. The molecule has 0 radical (unpaired) electrons. The van der Waals surface area contributed by atoms with Gasteiger partial charge in [-0.2, -0.15) is 0 Å². The van der Waals surface area contributed by atoms with Crippen molar-refractivity contribution in [2.45, 2.75) is 44.6 Å². The summed E-state index contributed by atoms with van der Waals surface area (Å²) in [6.07, 6.45) is 3.82. The average Bonchev–Trinajstić information content (AvgIpc) is 2.89. The largest absolute Gasteiger partial charge is 0.480 e. The molecule has 3 N–H and O–H groups in total. The molecule has 6 heteroatoms. The van der Waals surface area contributed by atoms with Crippen LogP contribution >= 0.6 is 0 Å².